The Morgan fingerprint density at radius 2 is 1.82 bits per heavy atom. The summed E-state index contributed by atoms with van der Waals surface area (Å²) in [5, 5.41) is 0. The van der Waals surface area contributed by atoms with E-state index in [0.717, 1.165) is 11.4 Å². The molecule has 0 amide bonds. The Kier molecular flexibility index (Phi) is 2.99. The molecule has 1 aromatic carbocycles. The van der Waals surface area contributed by atoms with Crippen molar-refractivity contribution in [3.63, 3.8) is 0 Å². The molecule has 0 N–H and O–H groups in total. The van der Waals surface area contributed by atoms with Crippen molar-refractivity contribution in [2.75, 3.05) is 37.0 Å². The van der Waals surface area contributed by atoms with Crippen LogP contribution in [0.15, 0.2) is 24.3 Å². The van der Waals surface area contributed by atoms with Crippen LogP contribution in [0.4, 0.5) is 11.4 Å². The Morgan fingerprint density at radius 1 is 1.18 bits per heavy atom. The maximum absolute atomic E-state index is 11.2. The van der Waals surface area contributed by atoms with E-state index in [-0.39, 0.29) is 13.1 Å². The van der Waals surface area contributed by atoms with Gasteiger partial charge in [-0.15, -0.1) is 0 Å². The van der Waals surface area contributed by atoms with E-state index in [9.17, 15) is 9.59 Å². The molecule has 17 heavy (non-hydrogen) atoms. The minimum atomic E-state index is -0.503. The second kappa shape index (κ2) is 4.45. The van der Waals surface area contributed by atoms with Gasteiger partial charge in [-0.05, 0) is 18.2 Å². The van der Waals surface area contributed by atoms with E-state index in [1.54, 1.807) is 4.90 Å². The lowest BCUT2D eigenvalue weighted by molar-refractivity contribution is -0.160. The van der Waals surface area contributed by atoms with Gasteiger partial charge in [0, 0.05) is 25.5 Å². The molecule has 1 aliphatic rings. The van der Waals surface area contributed by atoms with Crippen molar-refractivity contribution in [1.29, 1.82) is 0 Å². The Labute approximate surface area is 99.6 Å². The van der Waals surface area contributed by atoms with E-state index >= 15 is 0 Å². The van der Waals surface area contributed by atoms with Crippen molar-refractivity contribution in [2.24, 2.45) is 0 Å². The van der Waals surface area contributed by atoms with Crippen LogP contribution < -0.4 is 9.80 Å². The predicted molar refractivity (Wildman–Crippen MR) is 64.1 cm³/mol. The summed E-state index contributed by atoms with van der Waals surface area (Å²) in [6, 6.07) is 7.67. The maximum atomic E-state index is 11.2. The first-order valence-corrected chi connectivity index (χ1v) is 5.32. The van der Waals surface area contributed by atoms with Gasteiger partial charge in [0.15, 0.2) is 0 Å². The zero-order valence-electron chi connectivity index (χ0n) is 9.84. The summed E-state index contributed by atoms with van der Waals surface area (Å²) < 4.78 is 4.49. The normalized spacial score (nSPS) is 15.8. The second-order valence-corrected chi connectivity index (χ2v) is 4.12. The molecular weight excluding hydrogens is 220 g/mol. The van der Waals surface area contributed by atoms with Crippen LogP contribution in [0, 0.1) is 0 Å². The molecule has 0 radical (unpaired) electrons. The predicted octanol–water partition coefficient (Wildman–Crippen LogP) is 0.642. The number of esters is 2. The number of anilines is 2. The molecule has 1 saturated heterocycles. The monoisotopic (exact) mass is 234 g/mol. The van der Waals surface area contributed by atoms with E-state index in [0.29, 0.717) is 0 Å². The molecule has 1 aromatic rings. The summed E-state index contributed by atoms with van der Waals surface area (Å²) >= 11 is 0. The lowest BCUT2D eigenvalue weighted by Gasteiger charge is -2.27. The number of ether oxygens (including phenoxy) is 1. The largest absolute Gasteiger partial charge is 0.390 e. The molecule has 0 saturated carbocycles. The van der Waals surface area contributed by atoms with Gasteiger partial charge in [-0.1, -0.05) is 6.07 Å². The summed E-state index contributed by atoms with van der Waals surface area (Å²) in [4.78, 5) is 26.0. The number of carbonyl (C=O) groups is 2. The summed E-state index contributed by atoms with van der Waals surface area (Å²) in [6.07, 6.45) is 0. The van der Waals surface area contributed by atoms with Gasteiger partial charge in [-0.25, -0.2) is 9.59 Å². The highest BCUT2D eigenvalue weighted by Gasteiger charge is 2.24. The van der Waals surface area contributed by atoms with Crippen molar-refractivity contribution < 1.29 is 14.3 Å². The van der Waals surface area contributed by atoms with Crippen LogP contribution in [0.5, 0.6) is 0 Å². The molecule has 2 rings (SSSR count). The molecular formula is C12H14N2O3. The van der Waals surface area contributed by atoms with E-state index in [4.69, 9.17) is 0 Å². The molecule has 1 heterocycles. The summed E-state index contributed by atoms with van der Waals surface area (Å²) in [5.41, 5.74) is 1.87. The molecule has 0 atom stereocenters. The molecule has 0 unspecified atom stereocenters. The van der Waals surface area contributed by atoms with Crippen LogP contribution in [-0.4, -0.2) is 39.1 Å². The molecule has 0 spiro atoms. The Hall–Kier alpha value is -2.04. The summed E-state index contributed by atoms with van der Waals surface area (Å²) in [7, 11) is 3.88. The number of morpholine rings is 1. The van der Waals surface area contributed by atoms with Gasteiger partial charge in [0.2, 0.25) is 0 Å². The third kappa shape index (κ3) is 2.55. The molecule has 90 valence electrons. The Balaban J connectivity index is 2.24. The third-order valence-electron chi connectivity index (χ3n) is 2.58. The first kappa shape index (κ1) is 11.4. The Morgan fingerprint density at radius 3 is 2.41 bits per heavy atom. The molecule has 5 heteroatoms. The van der Waals surface area contributed by atoms with Gasteiger partial charge in [-0.2, -0.15) is 0 Å². The average molecular weight is 234 g/mol. The van der Waals surface area contributed by atoms with Gasteiger partial charge in [0.1, 0.15) is 13.1 Å². The van der Waals surface area contributed by atoms with Crippen molar-refractivity contribution >= 4 is 23.3 Å². The standard InChI is InChI=1S/C12H14N2O3/c1-13(2)9-4-3-5-10(6-9)14-7-11(15)17-12(16)8-14/h3-6H,7-8H2,1-2H3. The average Bonchev–Trinajstić information content (AvgIpc) is 2.28. The van der Waals surface area contributed by atoms with Crippen molar-refractivity contribution in [2.45, 2.75) is 0 Å². The summed E-state index contributed by atoms with van der Waals surface area (Å²) in [6.45, 7) is 0.227. The quantitative estimate of drug-likeness (QED) is 0.555. The highest BCUT2D eigenvalue weighted by Crippen LogP contribution is 2.22. The molecule has 1 fully saturated rings. The molecule has 0 bridgehead atoms. The Bertz CT molecular complexity index is 441. The molecule has 1 aliphatic heterocycles. The van der Waals surface area contributed by atoms with Crippen molar-refractivity contribution in [3.05, 3.63) is 24.3 Å². The van der Waals surface area contributed by atoms with Crippen LogP contribution in [0.3, 0.4) is 0 Å². The number of carbonyl (C=O) groups excluding carboxylic acids is 2. The lowest BCUT2D eigenvalue weighted by atomic mass is 10.2. The topological polar surface area (TPSA) is 49.9 Å². The fourth-order valence-electron chi connectivity index (χ4n) is 1.71. The van der Waals surface area contributed by atoms with Gasteiger partial charge in [0.05, 0.1) is 0 Å². The van der Waals surface area contributed by atoms with Crippen molar-refractivity contribution in [1.82, 2.24) is 0 Å². The van der Waals surface area contributed by atoms with Crippen molar-refractivity contribution in [3.8, 4) is 0 Å². The number of benzene rings is 1. The second-order valence-electron chi connectivity index (χ2n) is 4.12. The smallest absolute Gasteiger partial charge is 0.333 e. The van der Waals surface area contributed by atoms with Crippen LogP contribution in [0.25, 0.3) is 0 Å². The lowest BCUT2D eigenvalue weighted by Crippen LogP contribution is -2.43. The molecule has 5 nitrogen and oxygen atoms in total. The fraction of sp³-hybridized carbons (Fsp3) is 0.333. The van der Waals surface area contributed by atoms with Crippen LogP contribution in [0.1, 0.15) is 0 Å². The SMILES string of the molecule is CN(C)c1cccc(N2CC(=O)OC(=O)C2)c1. The third-order valence-corrected chi connectivity index (χ3v) is 2.58. The number of hydrogen-bond donors (Lipinski definition) is 0. The highest BCUT2D eigenvalue weighted by atomic mass is 16.6. The first-order chi connectivity index (χ1) is 8.06. The number of rotatable bonds is 2. The molecule has 0 aromatic heterocycles. The van der Waals surface area contributed by atoms with Crippen LogP contribution in [0.2, 0.25) is 0 Å². The van der Waals surface area contributed by atoms with E-state index in [2.05, 4.69) is 4.74 Å². The molecule has 0 aliphatic carbocycles. The minimum absolute atomic E-state index is 0.114. The van der Waals surface area contributed by atoms with Gasteiger partial charge < -0.3 is 14.5 Å². The highest BCUT2D eigenvalue weighted by molar-refractivity contribution is 5.94. The van der Waals surface area contributed by atoms with E-state index in [1.807, 2.05) is 43.3 Å². The van der Waals surface area contributed by atoms with Crippen LogP contribution in [-0.2, 0) is 14.3 Å². The fourth-order valence-corrected chi connectivity index (χ4v) is 1.71. The number of cyclic esters (lactones) is 2. The van der Waals surface area contributed by atoms with E-state index < -0.39 is 11.9 Å². The maximum Gasteiger partial charge on any atom is 0.333 e. The summed E-state index contributed by atoms with van der Waals surface area (Å²) in [5.74, 6) is -1.01. The van der Waals surface area contributed by atoms with E-state index in [1.165, 1.54) is 0 Å². The zero-order chi connectivity index (χ0) is 12.4. The number of nitrogens with zero attached hydrogens (tertiary/aromatic N) is 2. The number of hydrogen-bond acceptors (Lipinski definition) is 5. The van der Waals surface area contributed by atoms with Crippen LogP contribution >= 0.6 is 0 Å². The van der Waals surface area contributed by atoms with Gasteiger partial charge >= 0.3 is 11.9 Å². The zero-order valence-corrected chi connectivity index (χ0v) is 9.84. The minimum Gasteiger partial charge on any atom is -0.390 e. The van der Waals surface area contributed by atoms with Gasteiger partial charge in [-0.3, -0.25) is 0 Å². The first-order valence-electron chi connectivity index (χ1n) is 5.32. The van der Waals surface area contributed by atoms with Gasteiger partial charge in [0.25, 0.3) is 0 Å².